The van der Waals surface area contributed by atoms with E-state index in [0.717, 1.165) is 5.56 Å². The van der Waals surface area contributed by atoms with Crippen LogP contribution in [0.5, 0.6) is 0 Å². The fourth-order valence-electron chi connectivity index (χ4n) is 2.11. The van der Waals surface area contributed by atoms with Gasteiger partial charge in [0.2, 0.25) is 0 Å². The van der Waals surface area contributed by atoms with Gasteiger partial charge >= 0.3 is 0 Å². The second-order valence-electron chi connectivity index (χ2n) is 4.49. The van der Waals surface area contributed by atoms with E-state index in [-0.39, 0.29) is 11.9 Å². The standard InChI is InChI=1S/C15H16BrFN2/c1-10-5-2-3-6-11(10)9-14(19-18)12-7-4-8-13(17)15(12)16/h2-8,14,19H,9,18H2,1H3. The topological polar surface area (TPSA) is 38.0 Å². The smallest absolute Gasteiger partial charge is 0.137 e. The number of halogens is 2. The van der Waals surface area contributed by atoms with E-state index >= 15 is 0 Å². The van der Waals surface area contributed by atoms with Crippen LogP contribution >= 0.6 is 15.9 Å². The van der Waals surface area contributed by atoms with E-state index in [1.807, 2.05) is 18.2 Å². The van der Waals surface area contributed by atoms with Crippen molar-refractivity contribution in [2.75, 3.05) is 0 Å². The van der Waals surface area contributed by atoms with Crippen LogP contribution in [0.1, 0.15) is 22.7 Å². The fourth-order valence-corrected chi connectivity index (χ4v) is 2.65. The third-order valence-corrected chi connectivity index (χ3v) is 4.08. The molecule has 0 aliphatic heterocycles. The monoisotopic (exact) mass is 322 g/mol. The van der Waals surface area contributed by atoms with E-state index in [0.29, 0.717) is 10.9 Å². The summed E-state index contributed by atoms with van der Waals surface area (Å²) >= 11 is 3.28. The Morgan fingerprint density at radius 3 is 2.63 bits per heavy atom. The number of benzene rings is 2. The SMILES string of the molecule is Cc1ccccc1CC(NN)c1cccc(F)c1Br. The molecule has 0 aliphatic carbocycles. The molecule has 19 heavy (non-hydrogen) atoms. The van der Waals surface area contributed by atoms with Gasteiger partial charge in [0.05, 0.1) is 10.5 Å². The molecule has 4 heteroatoms. The molecule has 0 saturated heterocycles. The molecule has 0 spiro atoms. The molecule has 1 unspecified atom stereocenters. The lowest BCUT2D eigenvalue weighted by Crippen LogP contribution is -2.30. The Labute approximate surface area is 120 Å². The molecule has 2 rings (SSSR count). The van der Waals surface area contributed by atoms with Gasteiger partial charge in [-0.05, 0) is 52.0 Å². The van der Waals surface area contributed by atoms with Gasteiger partial charge in [0, 0.05) is 0 Å². The first-order valence-electron chi connectivity index (χ1n) is 6.08. The molecule has 1 atom stereocenters. The minimum absolute atomic E-state index is 0.133. The number of hydrogen-bond acceptors (Lipinski definition) is 2. The number of hydrogen-bond donors (Lipinski definition) is 2. The Hall–Kier alpha value is -1.23. The maximum absolute atomic E-state index is 13.6. The zero-order valence-electron chi connectivity index (χ0n) is 10.7. The second kappa shape index (κ2) is 6.28. The van der Waals surface area contributed by atoms with E-state index in [1.54, 1.807) is 6.07 Å². The Balaban J connectivity index is 2.31. The van der Waals surface area contributed by atoms with Gasteiger partial charge in [-0.2, -0.15) is 0 Å². The molecular formula is C15H16BrFN2. The summed E-state index contributed by atoms with van der Waals surface area (Å²) in [5, 5.41) is 0. The van der Waals surface area contributed by atoms with Gasteiger partial charge in [0.1, 0.15) is 5.82 Å². The van der Waals surface area contributed by atoms with Crippen molar-refractivity contribution in [1.29, 1.82) is 0 Å². The van der Waals surface area contributed by atoms with Gasteiger partial charge in [-0.1, -0.05) is 36.4 Å². The van der Waals surface area contributed by atoms with Crippen molar-refractivity contribution in [3.8, 4) is 0 Å². The van der Waals surface area contributed by atoms with E-state index < -0.39 is 0 Å². The normalized spacial score (nSPS) is 12.4. The van der Waals surface area contributed by atoms with Crippen LogP contribution < -0.4 is 11.3 Å². The molecule has 0 fully saturated rings. The lowest BCUT2D eigenvalue weighted by atomic mass is 9.96. The zero-order valence-corrected chi connectivity index (χ0v) is 12.2. The largest absolute Gasteiger partial charge is 0.271 e. The van der Waals surface area contributed by atoms with E-state index in [4.69, 9.17) is 5.84 Å². The molecule has 2 nitrogen and oxygen atoms in total. The lowest BCUT2D eigenvalue weighted by molar-refractivity contribution is 0.539. The van der Waals surface area contributed by atoms with Crippen LogP contribution in [0.3, 0.4) is 0 Å². The van der Waals surface area contributed by atoms with Gasteiger partial charge in [-0.15, -0.1) is 0 Å². The number of nitrogens with one attached hydrogen (secondary N) is 1. The zero-order chi connectivity index (χ0) is 13.8. The highest BCUT2D eigenvalue weighted by Crippen LogP contribution is 2.28. The van der Waals surface area contributed by atoms with Crippen LogP contribution in [-0.2, 0) is 6.42 Å². The molecule has 0 radical (unpaired) electrons. The summed E-state index contributed by atoms with van der Waals surface area (Å²) in [7, 11) is 0. The average molecular weight is 323 g/mol. The number of nitrogens with two attached hydrogens (primary N) is 1. The summed E-state index contributed by atoms with van der Waals surface area (Å²) in [5.74, 6) is 5.35. The number of hydrazine groups is 1. The maximum Gasteiger partial charge on any atom is 0.137 e. The first-order chi connectivity index (χ1) is 9.13. The third kappa shape index (κ3) is 3.21. The summed E-state index contributed by atoms with van der Waals surface area (Å²) in [5.41, 5.74) is 5.99. The van der Waals surface area contributed by atoms with E-state index in [2.05, 4.69) is 40.4 Å². The molecule has 0 aliphatic rings. The van der Waals surface area contributed by atoms with Gasteiger partial charge in [0.25, 0.3) is 0 Å². The Morgan fingerprint density at radius 1 is 1.21 bits per heavy atom. The summed E-state index contributed by atoms with van der Waals surface area (Å²) in [6.07, 6.45) is 0.714. The van der Waals surface area contributed by atoms with Crippen LogP contribution in [0.15, 0.2) is 46.9 Å². The highest BCUT2D eigenvalue weighted by Gasteiger charge is 2.16. The van der Waals surface area contributed by atoms with Gasteiger partial charge in [-0.25, -0.2) is 4.39 Å². The highest BCUT2D eigenvalue weighted by molar-refractivity contribution is 9.10. The maximum atomic E-state index is 13.6. The van der Waals surface area contributed by atoms with Crippen molar-refractivity contribution >= 4 is 15.9 Å². The summed E-state index contributed by atoms with van der Waals surface area (Å²) in [4.78, 5) is 0. The first-order valence-corrected chi connectivity index (χ1v) is 6.87. The van der Waals surface area contributed by atoms with Crippen molar-refractivity contribution in [2.45, 2.75) is 19.4 Å². The highest BCUT2D eigenvalue weighted by atomic mass is 79.9. The summed E-state index contributed by atoms with van der Waals surface area (Å²) in [6.45, 7) is 2.06. The molecule has 100 valence electrons. The number of rotatable bonds is 4. The molecule has 3 N–H and O–H groups in total. The second-order valence-corrected chi connectivity index (χ2v) is 5.29. The van der Waals surface area contributed by atoms with Crippen molar-refractivity contribution in [2.24, 2.45) is 5.84 Å². The minimum atomic E-state index is -0.275. The fraction of sp³-hybridized carbons (Fsp3) is 0.200. The van der Waals surface area contributed by atoms with Crippen molar-refractivity contribution in [3.63, 3.8) is 0 Å². The summed E-state index contributed by atoms with van der Waals surface area (Å²) in [6, 6.07) is 13.0. The van der Waals surface area contributed by atoms with Crippen LogP contribution in [0.25, 0.3) is 0 Å². The van der Waals surface area contributed by atoms with Crippen molar-refractivity contribution in [1.82, 2.24) is 5.43 Å². The predicted molar refractivity (Wildman–Crippen MR) is 79.0 cm³/mol. The van der Waals surface area contributed by atoms with Crippen molar-refractivity contribution < 1.29 is 4.39 Å². The Morgan fingerprint density at radius 2 is 1.95 bits per heavy atom. The van der Waals surface area contributed by atoms with E-state index in [1.165, 1.54) is 17.2 Å². The Bertz CT molecular complexity index is 572. The summed E-state index contributed by atoms with van der Waals surface area (Å²) < 4.78 is 14.0. The molecule has 0 amide bonds. The Kier molecular flexibility index (Phi) is 4.69. The van der Waals surface area contributed by atoms with E-state index in [9.17, 15) is 4.39 Å². The van der Waals surface area contributed by atoms with Crippen LogP contribution in [-0.4, -0.2) is 0 Å². The molecule has 2 aromatic carbocycles. The molecule has 2 aromatic rings. The van der Waals surface area contributed by atoms with Crippen LogP contribution in [0.4, 0.5) is 4.39 Å². The number of aryl methyl sites for hydroxylation is 1. The van der Waals surface area contributed by atoms with Crippen LogP contribution in [0.2, 0.25) is 0 Å². The molecular weight excluding hydrogens is 307 g/mol. The van der Waals surface area contributed by atoms with Gasteiger partial charge < -0.3 is 0 Å². The molecule has 0 aromatic heterocycles. The van der Waals surface area contributed by atoms with Gasteiger partial charge in [-0.3, -0.25) is 11.3 Å². The average Bonchev–Trinajstić information content (AvgIpc) is 2.41. The molecule has 0 saturated carbocycles. The third-order valence-electron chi connectivity index (χ3n) is 3.24. The van der Waals surface area contributed by atoms with Gasteiger partial charge in [0.15, 0.2) is 0 Å². The lowest BCUT2D eigenvalue weighted by Gasteiger charge is -2.19. The van der Waals surface area contributed by atoms with Crippen LogP contribution in [0, 0.1) is 12.7 Å². The van der Waals surface area contributed by atoms with Crippen molar-refractivity contribution in [3.05, 3.63) is 69.4 Å². The molecule has 0 heterocycles. The minimum Gasteiger partial charge on any atom is -0.271 e. The quantitative estimate of drug-likeness (QED) is 0.666. The predicted octanol–water partition coefficient (Wildman–Crippen LogP) is 3.64. The molecule has 0 bridgehead atoms. The first kappa shape index (κ1) is 14.2.